The summed E-state index contributed by atoms with van der Waals surface area (Å²) >= 11 is 2.20. The molecule has 9 heteroatoms. The van der Waals surface area contributed by atoms with Gasteiger partial charge in [0.25, 0.3) is 10.0 Å². The van der Waals surface area contributed by atoms with Gasteiger partial charge in [-0.1, -0.05) is 12.1 Å². The molecule has 0 unspecified atom stereocenters. The van der Waals surface area contributed by atoms with E-state index in [4.69, 9.17) is 0 Å². The van der Waals surface area contributed by atoms with Crippen LogP contribution in [-0.2, 0) is 14.8 Å². The summed E-state index contributed by atoms with van der Waals surface area (Å²) in [7, 11) is -3.83. The molecule has 0 saturated carbocycles. The lowest BCUT2D eigenvalue weighted by atomic mass is 10.2. The van der Waals surface area contributed by atoms with Crippen LogP contribution in [0.3, 0.4) is 0 Å². The Kier molecular flexibility index (Phi) is 6.60. The Morgan fingerprint density at radius 2 is 1.86 bits per heavy atom. The Hall–Kier alpha value is -2.79. The summed E-state index contributed by atoms with van der Waals surface area (Å²) in [6.07, 6.45) is 4.61. The highest BCUT2D eigenvalue weighted by Gasteiger charge is 2.15. The number of carbonyl (C=O) groups excluding carboxylic acids is 1. The normalized spacial score (nSPS) is 11.4. The number of benzene rings is 2. The number of carbonyl (C=O) groups is 1. The third-order valence-electron chi connectivity index (χ3n) is 3.73. The highest BCUT2D eigenvalue weighted by molar-refractivity contribution is 14.1. The number of aryl methyl sites for hydroxylation is 1. The van der Waals surface area contributed by atoms with Crippen LogP contribution in [0.25, 0.3) is 6.08 Å². The van der Waals surface area contributed by atoms with Gasteiger partial charge in [-0.25, -0.2) is 23.1 Å². The molecule has 0 bridgehead atoms. The molecule has 0 spiro atoms. The number of aromatic nitrogens is 2. The number of hydrogen-bond acceptors (Lipinski definition) is 5. The van der Waals surface area contributed by atoms with Gasteiger partial charge in [-0.2, -0.15) is 0 Å². The van der Waals surface area contributed by atoms with Gasteiger partial charge in [-0.3, -0.25) is 4.79 Å². The van der Waals surface area contributed by atoms with E-state index >= 15 is 0 Å². The fraction of sp³-hybridized carbons (Fsp3) is 0.0500. The van der Waals surface area contributed by atoms with E-state index in [0.29, 0.717) is 11.4 Å². The van der Waals surface area contributed by atoms with Crippen LogP contribution in [0.4, 0.5) is 11.6 Å². The van der Waals surface area contributed by atoms with Crippen molar-refractivity contribution in [1.82, 2.24) is 9.97 Å². The minimum absolute atomic E-state index is 0.00286. The van der Waals surface area contributed by atoms with Gasteiger partial charge < -0.3 is 5.32 Å². The van der Waals surface area contributed by atoms with E-state index in [1.807, 2.05) is 24.3 Å². The fourth-order valence-corrected chi connectivity index (χ4v) is 3.88. The summed E-state index contributed by atoms with van der Waals surface area (Å²) in [4.78, 5) is 20.0. The van der Waals surface area contributed by atoms with Crippen LogP contribution < -0.4 is 10.0 Å². The first-order valence-corrected chi connectivity index (χ1v) is 11.1. The molecule has 1 amide bonds. The molecule has 0 saturated heterocycles. The zero-order chi connectivity index (χ0) is 20.9. The molecule has 0 aliphatic rings. The topological polar surface area (TPSA) is 101 Å². The van der Waals surface area contributed by atoms with Gasteiger partial charge in [0.1, 0.15) is 0 Å². The minimum atomic E-state index is -3.83. The summed E-state index contributed by atoms with van der Waals surface area (Å²) in [6, 6.07) is 15.2. The van der Waals surface area contributed by atoms with E-state index in [1.165, 1.54) is 36.5 Å². The Morgan fingerprint density at radius 1 is 1.10 bits per heavy atom. The zero-order valence-corrected chi connectivity index (χ0v) is 18.3. The molecule has 3 rings (SSSR count). The number of hydrogen-bond donors (Lipinski definition) is 2. The van der Waals surface area contributed by atoms with Gasteiger partial charge in [0.15, 0.2) is 0 Å². The number of nitrogens with one attached hydrogen (secondary N) is 2. The number of sulfonamides is 1. The van der Waals surface area contributed by atoms with Crippen LogP contribution in [0.1, 0.15) is 11.3 Å². The second-order valence-corrected chi connectivity index (χ2v) is 8.96. The molecule has 0 atom stereocenters. The van der Waals surface area contributed by atoms with Gasteiger partial charge in [-0.05, 0) is 83.6 Å². The Balaban J connectivity index is 1.65. The molecule has 3 aromatic rings. The molecule has 0 aliphatic carbocycles. The third kappa shape index (κ3) is 6.09. The van der Waals surface area contributed by atoms with Crippen molar-refractivity contribution in [3.05, 3.63) is 81.7 Å². The maximum Gasteiger partial charge on any atom is 0.264 e. The number of amides is 1. The Bertz CT molecular complexity index is 1160. The van der Waals surface area contributed by atoms with Crippen molar-refractivity contribution in [2.24, 2.45) is 0 Å². The first-order chi connectivity index (χ1) is 13.8. The van der Waals surface area contributed by atoms with Crippen molar-refractivity contribution in [3.8, 4) is 0 Å². The SMILES string of the molecule is Cc1ccnc(NS(=O)(=O)c2ccc(NC(=O)/C=C/c3cccc(I)c3)cc2)n1. The maximum absolute atomic E-state index is 12.4. The second kappa shape index (κ2) is 9.14. The summed E-state index contributed by atoms with van der Waals surface area (Å²) in [5, 5.41) is 2.70. The quantitative estimate of drug-likeness (QED) is 0.380. The molecule has 2 N–H and O–H groups in total. The Morgan fingerprint density at radius 3 is 2.55 bits per heavy atom. The lowest BCUT2D eigenvalue weighted by molar-refractivity contribution is -0.111. The third-order valence-corrected chi connectivity index (χ3v) is 5.74. The second-order valence-electron chi connectivity index (χ2n) is 6.03. The van der Waals surface area contributed by atoms with E-state index < -0.39 is 10.0 Å². The fourth-order valence-electron chi connectivity index (χ4n) is 2.36. The molecule has 2 aromatic carbocycles. The van der Waals surface area contributed by atoms with Crippen molar-refractivity contribution in [3.63, 3.8) is 0 Å². The summed E-state index contributed by atoms with van der Waals surface area (Å²) in [6.45, 7) is 1.74. The van der Waals surface area contributed by atoms with Crippen molar-refractivity contribution in [2.45, 2.75) is 11.8 Å². The monoisotopic (exact) mass is 520 g/mol. The first kappa shape index (κ1) is 20.9. The van der Waals surface area contributed by atoms with Crippen LogP contribution in [0.2, 0.25) is 0 Å². The van der Waals surface area contributed by atoms with Gasteiger partial charge >= 0.3 is 0 Å². The van der Waals surface area contributed by atoms with E-state index in [1.54, 1.807) is 19.1 Å². The smallest absolute Gasteiger partial charge is 0.264 e. The number of halogens is 1. The molecule has 7 nitrogen and oxygen atoms in total. The van der Waals surface area contributed by atoms with Crippen LogP contribution in [0.5, 0.6) is 0 Å². The number of anilines is 2. The number of rotatable bonds is 6. The lowest BCUT2D eigenvalue weighted by Gasteiger charge is -2.08. The van der Waals surface area contributed by atoms with E-state index in [0.717, 1.165) is 9.13 Å². The van der Waals surface area contributed by atoms with Crippen molar-refractivity contribution in [2.75, 3.05) is 10.0 Å². The van der Waals surface area contributed by atoms with Crippen molar-refractivity contribution >= 4 is 56.2 Å². The molecule has 0 fully saturated rings. The van der Waals surface area contributed by atoms with Gasteiger partial charge in [0, 0.05) is 27.2 Å². The summed E-state index contributed by atoms with van der Waals surface area (Å²) in [5.41, 5.74) is 2.04. The van der Waals surface area contributed by atoms with E-state index in [9.17, 15) is 13.2 Å². The average molecular weight is 520 g/mol. The van der Waals surface area contributed by atoms with Crippen LogP contribution in [0, 0.1) is 10.5 Å². The highest BCUT2D eigenvalue weighted by Crippen LogP contribution is 2.17. The molecular weight excluding hydrogens is 503 g/mol. The van der Waals surface area contributed by atoms with Crippen LogP contribution in [-0.4, -0.2) is 24.3 Å². The predicted molar refractivity (Wildman–Crippen MR) is 121 cm³/mol. The van der Waals surface area contributed by atoms with E-state index in [-0.39, 0.29) is 16.8 Å². The molecule has 29 heavy (non-hydrogen) atoms. The molecule has 0 aliphatic heterocycles. The largest absolute Gasteiger partial charge is 0.323 e. The predicted octanol–water partition coefficient (Wildman–Crippen LogP) is 3.84. The average Bonchev–Trinajstić information content (AvgIpc) is 2.67. The first-order valence-electron chi connectivity index (χ1n) is 8.49. The minimum Gasteiger partial charge on any atom is -0.323 e. The van der Waals surface area contributed by atoms with Crippen molar-refractivity contribution < 1.29 is 13.2 Å². The molecule has 0 radical (unpaired) electrons. The molecular formula is C20H17IN4O3S. The van der Waals surface area contributed by atoms with Gasteiger partial charge in [0.05, 0.1) is 4.90 Å². The highest BCUT2D eigenvalue weighted by atomic mass is 127. The van der Waals surface area contributed by atoms with Gasteiger partial charge in [0.2, 0.25) is 11.9 Å². The summed E-state index contributed by atoms with van der Waals surface area (Å²) < 4.78 is 28.3. The van der Waals surface area contributed by atoms with E-state index in [2.05, 4.69) is 42.6 Å². The zero-order valence-electron chi connectivity index (χ0n) is 15.3. The van der Waals surface area contributed by atoms with Crippen LogP contribution >= 0.6 is 22.6 Å². The van der Waals surface area contributed by atoms with Gasteiger partial charge in [-0.15, -0.1) is 0 Å². The molecule has 1 aromatic heterocycles. The maximum atomic E-state index is 12.4. The Labute approximate surface area is 182 Å². The van der Waals surface area contributed by atoms with Crippen LogP contribution in [0.15, 0.2) is 71.8 Å². The molecule has 148 valence electrons. The number of nitrogens with zero attached hydrogens (tertiary/aromatic N) is 2. The summed E-state index contributed by atoms with van der Waals surface area (Å²) in [5.74, 6) is -0.311. The lowest BCUT2D eigenvalue weighted by Crippen LogP contribution is -2.15. The standard InChI is InChI=1S/C20H17IN4O3S/c1-14-11-12-22-20(23-14)25-29(27,28)18-8-6-17(7-9-18)24-19(26)10-5-15-3-2-4-16(21)13-15/h2-13H,1H3,(H,24,26)(H,22,23,25)/b10-5+. The molecule has 1 heterocycles. The van der Waals surface area contributed by atoms with Crippen molar-refractivity contribution in [1.29, 1.82) is 0 Å².